The Labute approximate surface area is 193 Å². The van der Waals surface area contributed by atoms with Crippen LogP contribution in [0.25, 0.3) is 11.1 Å². The molecule has 0 radical (unpaired) electrons. The average molecular weight is 464 g/mol. The Balaban J connectivity index is 1.51. The second-order valence-electron chi connectivity index (χ2n) is 8.74. The van der Waals surface area contributed by atoms with Crippen LogP contribution >= 0.6 is 0 Å². The first-order valence-corrected chi connectivity index (χ1v) is 11.9. The van der Waals surface area contributed by atoms with E-state index in [1.54, 1.807) is 42.5 Å². The summed E-state index contributed by atoms with van der Waals surface area (Å²) in [5.74, 6) is 0.271. The molecular formula is C25H25N3O4S. The third kappa shape index (κ3) is 4.61. The highest BCUT2D eigenvalue weighted by Gasteiger charge is 2.22. The van der Waals surface area contributed by atoms with E-state index in [1.807, 2.05) is 26.8 Å². The number of sulfonamides is 1. The molecule has 170 valence electrons. The Morgan fingerprint density at radius 1 is 0.970 bits per heavy atom. The molecule has 4 aromatic rings. The molecule has 3 aromatic carbocycles. The molecule has 0 saturated carbocycles. The number of para-hydroxylation sites is 1. The van der Waals surface area contributed by atoms with Crippen molar-refractivity contribution >= 4 is 38.4 Å². The highest BCUT2D eigenvalue weighted by molar-refractivity contribution is 7.92. The topological polar surface area (TPSA) is 92.5 Å². The van der Waals surface area contributed by atoms with E-state index in [2.05, 4.69) is 10.3 Å². The number of fused-ring (bicyclic) bond motifs is 1. The van der Waals surface area contributed by atoms with Gasteiger partial charge in [-0.1, -0.05) is 39.0 Å². The van der Waals surface area contributed by atoms with Crippen LogP contribution in [-0.4, -0.2) is 26.4 Å². The third-order valence-electron chi connectivity index (χ3n) is 5.18. The first kappa shape index (κ1) is 22.5. The van der Waals surface area contributed by atoms with E-state index >= 15 is 0 Å². The summed E-state index contributed by atoms with van der Waals surface area (Å²) in [5, 5.41) is 2.82. The lowest BCUT2D eigenvalue weighted by Crippen LogP contribution is -2.26. The zero-order valence-corrected chi connectivity index (χ0v) is 19.7. The van der Waals surface area contributed by atoms with Gasteiger partial charge in [-0.3, -0.25) is 9.10 Å². The van der Waals surface area contributed by atoms with Gasteiger partial charge in [0.1, 0.15) is 5.52 Å². The smallest absolute Gasteiger partial charge is 0.264 e. The number of nitrogens with one attached hydrogen (secondary N) is 1. The number of carbonyl (C=O) groups excluding carboxylic acids is 1. The minimum atomic E-state index is -3.74. The molecule has 0 saturated heterocycles. The Bertz CT molecular complexity index is 1400. The van der Waals surface area contributed by atoms with Gasteiger partial charge in [0.25, 0.3) is 15.9 Å². The van der Waals surface area contributed by atoms with E-state index < -0.39 is 10.0 Å². The molecule has 1 aromatic heterocycles. The average Bonchev–Trinajstić information content (AvgIpc) is 3.23. The summed E-state index contributed by atoms with van der Waals surface area (Å²) < 4.78 is 32.8. The van der Waals surface area contributed by atoms with Gasteiger partial charge in [0.05, 0.1) is 10.6 Å². The zero-order valence-electron chi connectivity index (χ0n) is 18.9. The van der Waals surface area contributed by atoms with Gasteiger partial charge in [-0.2, -0.15) is 0 Å². The molecular weight excluding hydrogens is 438 g/mol. The summed E-state index contributed by atoms with van der Waals surface area (Å²) >= 11 is 0. The third-order valence-corrected chi connectivity index (χ3v) is 6.98. The second kappa shape index (κ2) is 8.37. The molecule has 0 aliphatic rings. The molecule has 8 heteroatoms. The van der Waals surface area contributed by atoms with Gasteiger partial charge in [0.15, 0.2) is 5.58 Å². The fourth-order valence-electron chi connectivity index (χ4n) is 3.24. The van der Waals surface area contributed by atoms with Crippen molar-refractivity contribution in [1.82, 2.24) is 4.98 Å². The fourth-order valence-corrected chi connectivity index (χ4v) is 4.44. The lowest BCUT2D eigenvalue weighted by molar-refractivity contribution is 0.102. The predicted octanol–water partition coefficient (Wildman–Crippen LogP) is 5.20. The number of hydrogen-bond donors (Lipinski definition) is 1. The molecule has 0 unspecified atom stereocenters. The highest BCUT2D eigenvalue weighted by atomic mass is 32.2. The van der Waals surface area contributed by atoms with Crippen molar-refractivity contribution in [3.8, 4) is 0 Å². The van der Waals surface area contributed by atoms with E-state index in [4.69, 9.17) is 4.42 Å². The van der Waals surface area contributed by atoms with Gasteiger partial charge in [-0.25, -0.2) is 13.4 Å². The number of amides is 1. The Hall–Kier alpha value is -3.65. The first-order chi connectivity index (χ1) is 15.6. The molecule has 0 bridgehead atoms. The molecule has 0 atom stereocenters. The summed E-state index contributed by atoms with van der Waals surface area (Å²) in [6.45, 7) is 6.05. The first-order valence-electron chi connectivity index (χ1n) is 10.4. The van der Waals surface area contributed by atoms with Gasteiger partial charge < -0.3 is 9.73 Å². The molecule has 0 spiro atoms. The van der Waals surface area contributed by atoms with Crippen LogP contribution in [0.5, 0.6) is 0 Å². The van der Waals surface area contributed by atoms with Gasteiger partial charge in [-0.05, 0) is 54.6 Å². The lowest BCUT2D eigenvalue weighted by atomic mass is 9.97. The maximum atomic E-state index is 12.9. The molecule has 1 heterocycles. The minimum absolute atomic E-state index is 0.101. The number of carbonyl (C=O) groups is 1. The number of hydrogen-bond acceptors (Lipinski definition) is 5. The van der Waals surface area contributed by atoms with Crippen molar-refractivity contribution in [2.75, 3.05) is 16.7 Å². The molecule has 1 amide bonds. The summed E-state index contributed by atoms with van der Waals surface area (Å²) in [7, 11) is -2.25. The van der Waals surface area contributed by atoms with Crippen LogP contribution < -0.4 is 9.62 Å². The maximum Gasteiger partial charge on any atom is 0.264 e. The van der Waals surface area contributed by atoms with Gasteiger partial charge in [0, 0.05) is 23.7 Å². The standard InChI is InChI=1S/C25H25N3O4S/c1-25(2,3)24-27-21-16-18(12-15-22(21)32-24)26-23(29)17-10-13-20(14-11-17)33(30,31)28(4)19-8-6-5-7-9-19/h5-16H,1-4H3,(H,26,29). The zero-order chi connectivity index (χ0) is 23.8. The fraction of sp³-hybridized carbons (Fsp3) is 0.200. The van der Waals surface area contributed by atoms with Gasteiger partial charge in [-0.15, -0.1) is 0 Å². The molecule has 0 aliphatic heterocycles. The SMILES string of the molecule is CN(c1ccccc1)S(=O)(=O)c1ccc(C(=O)Nc2ccc3oc(C(C)(C)C)nc3c2)cc1. The summed E-state index contributed by atoms with van der Waals surface area (Å²) in [4.78, 5) is 17.3. The quantitative estimate of drug-likeness (QED) is 0.439. The van der Waals surface area contributed by atoms with Crippen LogP contribution in [-0.2, 0) is 15.4 Å². The number of anilines is 2. The van der Waals surface area contributed by atoms with Crippen molar-refractivity contribution in [3.05, 3.63) is 84.3 Å². The Morgan fingerprint density at radius 2 is 1.64 bits per heavy atom. The molecule has 4 rings (SSSR count). The van der Waals surface area contributed by atoms with Crippen LogP contribution in [0, 0.1) is 0 Å². The van der Waals surface area contributed by atoms with Crippen LogP contribution in [0.3, 0.4) is 0 Å². The number of nitrogens with zero attached hydrogens (tertiary/aromatic N) is 2. The van der Waals surface area contributed by atoms with E-state index in [1.165, 1.54) is 35.6 Å². The monoisotopic (exact) mass is 463 g/mol. The van der Waals surface area contributed by atoms with Crippen molar-refractivity contribution in [2.24, 2.45) is 0 Å². The summed E-state index contributed by atoms with van der Waals surface area (Å²) in [6, 6.07) is 19.9. The van der Waals surface area contributed by atoms with Crippen LogP contribution in [0.15, 0.2) is 82.1 Å². The largest absolute Gasteiger partial charge is 0.440 e. The number of rotatable bonds is 5. The van der Waals surface area contributed by atoms with Crippen molar-refractivity contribution in [2.45, 2.75) is 31.1 Å². The molecule has 7 nitrogen and oxygen atoms in total. The Kier molecular flexibility index (Phi) is 5.71. The van der Waals surface area contributed by atoms with Crippen LogP contribution in [0.2, 0.25) is 0 Å². The molecule has 0 fully saturated rings. The van der Waals surface area contributed by atoms with Crippen LogP contribution in [0.1, 0.15) is 37.0 Å². The highest BCUT2D eigenvalue weighted by Crippen LogP contribution is 2.28. The van der Waals surface area contributed by atoms with E-state index in [-0.39, 0.29) is 16.2 Å². The van der Waals surface area contributed by atoms with E-state index in [0.717, 1.165) is 0 Å². The Morgan fingerprint density at radius 3 is 2.27 bits per heavy atom. The van der Waals surface area contributed by atoms with Crippen molar-refractivity contribution in [1.29, 1.82) is 0 Å². The molecule has 1 N–H and O–H groups in total. The number of oxazole rings is 1. The van der Waals surface area contributed by atoms with E-state index in [0.29, 0.717) is 33.9 Å². The minimum Gasteiger partial charge on any atom is -0.440 e. The normalized spacial score (nSPS) is 12.0. The van der Waals surface area contributed by atoms with Crippen molar-refractivity contribution in [3.63, 3.8) is 0 Å². The maximum absolute atomic E-state index is 12.9. The summed E-state index contributed by atoms with van der Waals surface area (Å²) in [5.41, 5.74) is 2.54. The number of aromatic nitrogens is 1. The van der Waals surface area contributed by atoms with E-state index in [9.17, 15) is 13.2 Å². The van der Waals surface area contributed by atoms with Crippen molar-refractivity contribution < 1.29 is 17.6 Å². The van der Waals surface area contributed by atoms with Crippen LogP contribution in [0.4, 0.5) is 11.4 Å². The lowest BCUT2D eigenvalue weighted by Gasteiger charge is -2.19. The second-order valence-corrected chi connectivity index (χ2v) is 10.7. The predicted molar refractivity (Wildman–Crippen MR) is 129 cm³/mol. The summed E-state index contributed by atoms with van der Waals surface area (Å²) in [6.07, 6.45) is 0. The van der Waals surface area contributed by atoms with Gasteiger partial charge >= 0.3 is 0 Å². The molecule has 0 aliphatic carbocycles. The molecule has 33 heavy (non-hydrogen) atoms. The van der Waals surface area contributed by atoms with Gasteiger partial charge in [0.2, 0.25) is 5.89 Å². The number of benzene rings is 3.